The fourth-order valence-electron chi connectivity index (χ4n) is 4.48. The van der Waals surface area contributed by atoms with Crippen LogP contribution in [-0.2, 0) is 20.4 Å². The second kappa shape index (κ2) is 12.0. The first-order chi connectivity index (χ1) is 17.4. The number of esters is 2. The fraction of sp³-hybridized carbons (Fsp3) is 0.444. The molecule has 0 radical (unpaired) electrons. The summed E-state index contributed by atoms with van der Waals surface area (Å²) < 4.78 is 49.7. The molecule has 1 amide bonds. The van der Waals surface area contributed by atoms with Crippen LogP contribution in [0, 0.1) is 17.8 Å². The van der Waals surface area contributed by atoms with Crippen molar-refractivity contribution in [3.8, 4) is 0 Å². The number of halogens is 4. The Kier molecular flexibility index (Phi) is 9.23. The van der Waals surface area contributed by atoms with Gasteiger partial charge >= 0.3 is 18.1 Å². The Labute approximate surface area is 218 Å². The highest BCUT2D eigenvalue weighted by atomic mass is 35.5. The molecule has 1 saturated carbocycles. The van der Waals surface area contributed by atoms with Crippen molar-refractivity contribution in [3.05, 3.63) is 64.2 Å². The molecule has 3 rings (SSSR count). The zero-order valence-electron chi connectivity index (χ0n) is 20.7. The van der Waals surface area contributed by atoms with E-state index in [9.17, 15) is 27.6 Å². The molecular formula is C27H29ClF3NO5. The number of benzene rings is 2. The Morgan fingerprint density at radius 2 is 1.70 bits per heavy atom. The summed E-state index contributed by atoms with van der Waals surface area (Å²) in [5.74, 6) is -1.55. The van der Waals surface area contributed by atoms with Gasteiger partial charge in [-0.15, -0.1) is 0 Å². The molecule has 2 aromatic rings. The van der Waals surface area contributed by atoms with Gasteiger partial charge in [-0.25, -0.2) is 9.59 Å². The maximum atomic E-state index is 13.0. The summed E-state index contributed by atoms with van der Waals surface area (Å²) in [6.07, 6.45) is -2.15. The van der Waals surface area contributed by atoms with Crippen LogP contribution in [0.25, 0.3) is 0 Å². The largest absolute Gasteiger partial charge is 0.458 e. The van der Waals surface area contributed by atoms with Crippen molar-refractivity contribution in [2.24, 2.45) is 17.8 Å². The number of amides is 1. The summed E-state index contributed by atoms with van der Waals surface area (Å²) >= 11 is 5.88. The molecule has 0 heterocycles. The standard InChI is InChI=1S/C27H29ClF3NO5/c1-15(2)18-10-8-16(3)12-23(18)37-26(35)20-7-5-4-6-19(20)25(34)36-14-24(33)32-22-13-17(27(29,30)31)9-11-21(22)28/h4-7,9,11,13,15-16,18,23H,8,10,12,14H2,1-3H3,(H,32,33)/t16-,18-,23-/m1/s1. The van der Waals surface area contributed by atoms with E-state index < -0.39 is 36.2 Å². The van der Waals surface area contributed by atoms with Crippen molar-refractivity contribution in [3.63, 3.8) is 0 Å². The highest BCUT2D eigenvalue weighted by Crippen LogP contribution is 2.36. The minimum Gasteiger partial charge on any atom is -0.458 e. The molecule has 0 unspecified atom stereocenters. The molecule has 3 atom stereocenters. The lowest BCUT2D eigenvalue weighted by Gasteiger charge is -2.36. The van der Waals surface area contributed by atoms with Crippen LogP contribution in [-0.4, -0.2) is 30.6 Å². The van der Waals surface area contributed by atoms with E-state index in [2.05, 4.69) is 26.1 Å². The van der Waals surface area contributed by atoms with Crippen LogP contribution < -0.4 is 5.32 Å². The molecule has 0 aliphatic heterocycles. The molecule has 0 saturated heterocycles. The normalized spacial score (nSPS) is 19.8. The van der Waals surface area contributed by atoms with Crippen LogP contribution >= 0.6 is 11.6 Å². The molecule has 0 bridgehead atoms. The van der Waals surface area contributed by atoms with E-state index in [1.54, 1.807) is 6.07 Å². The molecule has 1 fully saturated rings. The molecule has 2 aromatic carbocycles. The van der Waals surface area contributed by atoms with Crippen LogP contribution in [0.4, 0.5) is 18.9 Å². The van der Waals surface area contributed by atoms with Crippen molar-refractivity contribution < 1.29 is 37.0 Å². The molecule has 1 N–H and O–H groups in total. The number of carbonyl (C=O) groups excluding carboxylic acids is 3. The van der Waals surface area contributed by atoms with E-state index in [-0.39, 0.29) is 33.9 Å². The number of hydrogen-bond donors (Lipinski definition) is 1. The lowest BCUT2D eigenvalue weighted by atomic mass is 9.75. The van der Waals surface area contributed by atoms with E-state index in [4.69, 9.17) is 21.1 Å². The van der Waals surface area contributed by atoms with Gasteiger partial charge in [-0.2, -0.15) is 13.2 Å². The topological polar surface area (TPSA) is 81.7 Å². The zero-order valence-corrected chi connectivity index (χ0v) is 21.5. The van der Waals surface area contributed by atoms with Gasteiger partial charge in [0.15, 0.2) is 6.61 Å². The zero-order chi connectivity index (χ0) is 27.3. The van der Waals surface area contributed by atoms with Gasteiger partial charge in [-0.05, 0) is 60.9 Å². The number of nitrogens with one attached hydrogen (secondary N) is 1. The minimum atomic E-state index is -4.63. The molecule has 1 aliphatic carbocycles. The summed E-state index contributed by atoms with van der Waals surface area (Å²) in [7, 11) is 0. The third-order valence-electron chi connectivity index (χ3n) is 6.49. The maximum absolute atomic E-state index is 13.0. The summed E-state index contributed by atoms with van der Waals surface area (Å²) in [5.41, 5.74) is -1.34. The van der Waals surface area contributed by atoms with Crippen molar-refractivity contribution in [1.29, 1.82) is 0 Å². The molecule has 1 aliphatic rings. The van der Waals surface area contributed by atoms with Gasteiger partial charge < -0.3 is 14.8 Å². The van der Waals surface area contributed by atoms with E-state index >= 15 is 0 Å². The fourth-order valence-corrected chi connectivity index (χ4v) is 4.65. The van der Waals surface area contributed by atoms with Gasteiger partial charge in [0.2, 0.25) is 0 Å². The third-order valence-corrected chi connectivity index (χ3v) is 6.82. The van der Waals surface area contributed by atoms with Crippen molar-refractivity contribution in [2.45, 2.75) is 52.3 Å². The first kappa shape index (κ1) is 28.5. The summed E-state index contributed by atoms with van der Waals surface area (Å²) in [4.78, 5) is 38.0. The second-order valence-corrected chi connectivity index (χ2v) is 10.0. The maximum Gasteiger partial charge on any atom is 0.416 e. The Balaban J connectivity index is 1.66. The van der Waals surface area contributed by atoms with E-state index in [0.717, 1.165) is 31.4 Å². The van der Waals surface area contributed by atoms with Gasteiger partial charge in [0.1, 0.15) is 6.10 Å². The van der Waals surface area contributed by atoms with Gasteiger partial charge in [0.05, 0.1) is 27.4 Å². The number of rotatable bonds is 7. The highest BCUT2D eigenvalue weighted by Gasteiger charge is 2.34. The first-order valence-electron chi connectivity index (χ1n) is 12.0. The SMILES string of the molecule is CC(C)[C@H]1CC[C@@H](C)C[C@H]1OC(=O)c1ccccc1C(=O)OCC(=O)Nc1cc(C(F)(F)F)ccc1Cl. The van der Waals surface area contributed by atoms with Crippen LogP contribution in [0.5, 0.6) is 0 Å². The average Bonchev–Trinajstić information content (AvgIpc) is 2.83. The minimum absolute atomic E-state index is 0.00886. The molecule has 0 spiro atoms. The highest BCUT2D eigenvalue weighted by molar-refractivity contribution is 6.33. The monoisotopic (exact) mass is 539 g/mol. The molecule has 0 aromatic heterocycles. The van der Waals surface area contributed by atoms with E-state index in [1.807, 2.05) is 0 Å². The number of ether oxygens (including phenoxy) is 2. The van der Waals surface area contributed by atoms with E-state index in [1.165, 1.54) is 18.2 Å². The third kappa shape index (κ3) is 7.47. The molecule has 6 nitrogen and oxygen atoms in total. The summed E-state index contributed by atoms with van der Waals surface area (Å²) in [6, 6.07) is 8.41. The lowest BCUT2D eigenvalue weighted by Crippen LogP contribution is -2.36. The molecule has 10 heteroatoms. The molecular weight excluding hydrogens is 511 g/mol. The first-order valence-corrected chi connectivity index (χ1v) is 12.4. The predicted octanol–water partition coefficient (Wildman–Crippen LogP) is 6.77. The Bertz CT molecular complexity index is 1150. The Morgan fingerprint density at radius 3 is 2.32 bits per heavy atom. The van der Waals surface area contributed by atoms with Gasteiger partial charge in [0, 0.05) is 0 Å². The van der Waals surface area contributed by atoms with Crippen molar-refractivity contribution >= 4 is 35.1 Å². The number of hydrogen-bond acceptors (Lipinski definition) is 5. The Hall–Kier alpha value is -3.07. The second-order valence-electron chi connectivity index (χ2n) is 9.63. The number of alkyl halides is 3. The van der Waals surface area contributed by atoms with Crippen LogP contribution in [0.2, 0.25) is 5.02 Å². The number of anilines is 1. The quantitative estimate of drug-likeness (QED) is 0.393. The van der Waals surface area contributed by atoms with Crippen molar-refractivity contribution in [2.75, 3.05) is 11.9 Å². The van der Waals surface area contributed by atoms with Crippen LogP contribution in [0.15, 0.2) is 42.5 Å². The smallest absolute Gasteiger partial charge is 0.416 e. The summed E-state index contributed by atoms with van der Waals surface area (Å²) in [5, 5.41) is 2.09. The predicted molar refractivity (Wildman–Crippen MR) is 132 cm³/mol. The van der Waals surface area contributed by atoms with Gasteiger partial charge in [0.25, 0.3) is 5.91 Å². The Morgan fingerprint density at radius 1 is 1.05 bits per heavy atom. The molecule has 37 heavy (non-hydrogen) atoms. The van der Waals surface area contributed by atoms with Crippen LogP contribution in [0.1, 0.15) is 66.3 Å². The van der Waals surface area contributed by atoms with Gasteiger partial charge in [-0.3, -0.25) is 4.79 Å². The van der Waals surface area contributed by atoms with Crippen molar-refractivity contribution in [1.82, 2.24) is 0 Å². The average molecular weight is 540 g/mol. The lowest BCUT2D eigenvalue weighted by molar-refractivity contribution is -0.137. The number of carbonyl (C=O) groups is 3. The summed E-state index contributed by atoms with van der Waals surface area (Å²) in [6.45, 7) is 5.49. The van der Waals surface area contributed by atoms with E-state index in [0.29, 0.717) is 17.9 Å². The van der Waals surface area contributed by atoms with Gasteiger partial charge in [-0.1, -0.05) is 50.9 Å². The van der Waals surface area contributed by atoms with Crippen LogP contribution in [0.3, 0.4) is 0 Å². The molecule has 200 valence electrons.